The monoisotopic (exact) mass is 379 g/mol. The van der Waals surface area contributed by atoms with Crippen LogP contribution in [0, 0.1) is 0 Å². The first-order valence-corrected chi connectivity index (χ1v) is 10.4. The van der Waals surface area contributed by atoms with Crippen molar-refractivity contribution in [1.82, 2.24) is 24.7 Å². The van der Waals surface area contributed by atoms with Gasteiger partial charge in [0.1, 0.15) is 5.69 Å². The summed E-state index contributed by atoms with van der Waals surface area (Å²) < 4.78 is 0. The first-order valence-electron chi connectivity index (χ1n) is 10.4. The lowest BCUT2D eigenvalue weighted by molar-refractivity contribution is 0.0617. The van der Waals surface area contributed by atoms with Crippen LogP contribution >= 0.6 is 0 Å². The van der Waals surface area contributed by atoms with Gasteiger partial charge in [0.2, 0.25) is 0 Å². The number of carbonyl (C=O) groups excluding carboxylic acids is 1. The van der Waals surface area contributed by atoms with Gasteiger partial charge in [0.05, 0.1) is 0 Å². The summed E-state index contributed by atoms with van der Waals surface area (Å²) in [4.78, 5) is 28.1. The Kier molecular flexibility index (Phi) is 6.29. The van der Waals surface area contributed by atoms with E-state index in [1.807, 2.05) is 29.4 Å². The molecule has 148 valence electrons. The normalized spacial score (nSPS) is 20.1. The minimum atomic E-state index is 0.0680. The van der Waals surface area contributed by atoms with E-state index < -0.39 is 0 Å². The molecule has 0 atom stereocenters. The maximum atomic E-state index is 12.6. The Balaban J connectivity index is 1.26. The zero-order valence-corrected chi connectivity index (χ0v) is 16.4. The Morgan fingerprint density at radius 2 is 1.75 bits per heavy atom. The van der Waals surface area contributed by atoms with Crippen LogP contribution in [-0.2, 0) is 6.54 Å². The average molecular weight is 380 g/mol. The lowest BCUT2D eigenvalue weighted by Crippen LogP contribution is -2.47. The van der Waals surface area contributed by atoms with Crippen molar-refractivity contribution in [2.45, 2.75) is 31.8 Å². The van der Waals surface area contributed by atoms with Gasteiger partial charge in [0.15, 0.2) is 0 Å². The van der Waals surface area contributed by atoms with Gasteiger partial charge in [-0.05, 0) is 62.2 Å². The molecular weight excluding hydrogens is 350 g/mol. The molecule has 2 fully saturated rings. The average Bonchev–Trinajstić information content (AvgIpc) is 3.00. The minimum absolute atomic E-state index is 0.0680. The van der Waals surface area contributed by atoms with E-state index in [1.165, 1.54) is 12.0 Å². The van der Waals surface area contributed by atoms with Crippen molar-refractivity contribution in [3.05, 3.63) is 60.2 Å². The second kappa shape index (κ2) is 9.26. The van der Waals surface area contributed by atoms with Crippen molar-refractivity contribution in [2.75, 3.05) is 39.3 Å². The number of amides is 1. The summed E-state index contributed by atoms with van der Waals surface area (Å²) in [5.41, 5.74) is 1.90. The number of hydrogen-bond donors (Lipinski definition) is 0. The molecule has 0 aliphatic carbocycles. The molecule has 2 aromatic heterocycles. The van der Waals surface area contributed by atoms with E-state index in [1.54, 1.807) is 12.3 Å². The third kappa shape index (κ3) is 4.75. The Labute approximate surface area is 167 Å². The highest BCUT2D eigenvalue weighted by atomic mass is 16.2. The van der Waals surface area contributed by atoms with Gasteiger partial charge in [0.25, 0.3) is 5.91 Å². The SMILES string of the molecule is O=C(c1ccccn1)N1CCC(N2CCCN(Cc3ccncc3)CC2)CC1. The smallest absolute Gasteiger partial charge is 0.272 e. The molecule has 0 bridgehead atoms. The van der Waals surface area contributed by atoms with Crippen LogP contribution in [-0.4, -0.2) is 75.9 Å². The van der Waals surface area contributed by atoms with E-state index in [0.29, 0.717) is 11.7 Å². The van der Waals surface area contributed by atoms with Crippen molar-refractivity contribution in [2.24, 2.45) is 0 Å². The Hall–Kier alpha value is -2.31. The molecule has 2 saturated heterocycles. The maximum absolute atomic E-state index is 12.6. The molecule has 4 heterocycles. The fourth-order valence-corrected chi connectivity index (χ4v) is 4.35. The molecule has 6 heteroatoms. The number of hydrogen-bond acceptors (Lipinski definition) is 5. The van der Waals surface area contributed by atoms with Crippen LogP contribution in [0.2, 0.25) is 0 Å². The van der Waals surface area contributed by atoms with Crippen LogP contribution in [0.1, 0.15) is 35.3 Å². The first-order chi connectivity index (χ1) is 13.8. The van der Waals surface area contributed by atoms with Gasteiger partial charge in [-0.25, -0.2) is 0 Å². The van der Waals surface area contributed by atoms with Crippen LogP contribution in [0.3, 0.4) is 0 Å². The summed E-state index contributed by atoms with van der Waals surface area (Å²) in [7, 11) is 0. The standard InChI is InChI=1S/C22H29N5O/c28-22(21-4-1-2-9-24-21)27-14-7-20(8-15-27)26-13-3-12-25(16-17-26)18-19-5-10-23-11-6-19/h1-2,4-6,9-11,20H,3,7-8,12-18H2. The van der Waals surface area contributed by atoms with Crippen molar-refractivity contribution in [1.29, 1.82) is 0 Å². The molecule has 0 N–H and O–H groups in total. The fraction of sp³-hybridized carbons (Fsp3) is 0.500. The second-order valence-corrected chi connectivity index (χ2v) is 7.76. The van der Waals surface area contributed by atoms with Gasteiger partial charge in [-0.15, -0.1) is 0 Å². The van der Waals surface area contributed by atoms with Crippen molar-refractivity contribution in [3.8, 4) is 0 Å². The molecule has 6 nitrogen and oxygen atoms in total. The molecule has 1 amide bonds. The molecule has 0 saturated carbocycles. The number of pyridine rings is 2. The van der Waals surface area contributed by atoms with Gasteiger partial charge in [-0.3, -0.25) is 24.6 Å². The van der Waals surface area contributed by atoms with E-state index >= 15 is 0 Å². The highest BCUT2D eigenvalue weighted by Gasteiger charge is 2.28. The summed E-state index contributed by atoms with van der Waals surface area (Å²) in [6, 6.07) is 10.3. The summed E-state index contributed by atoms with van der Waals surface area (Å²) in [6.07, 6.45) is 8.76. The highest BCUT2D eigenvalue weighted by molar-refractivity contribution is 5.92. The molecule has 2 aromatic rings. The summed E-state index contributed by atoms with van der Waals surface area (Å²) in [6.45, 7) is 7.20. The molecular formula is C22H29N5O. The second-order valence-electron chi connectivity index (χ2n) is 7.76. The molecule has 0 radical (unpaired) electrons. The number of aromatic nitrogens is 2. The van der Waals surface area contributed by atoms with E-state index in [2.05, 4.69) is 31.9 Å². The Morgan fingerprint density at radius 3 is 2.50 bits per heavy atom. The summed E-state index contributed by atoms with van der Waals surface area (Å²) in [5.74, 6) is 0.0680. The van der Waals surface area contributed by atoms with Gasteiger partial charge in [-0.1, -0.05) is 6.07 Å². The van der Waals surface area contributed by atoms with Crippen molar-refractivity contribution >= 4 is 5.91 Å². The fourth-order valence-electron chi connectivity index (χ4n) is 4.35. The van der Waals surface area contributed by atoms with Crippen molar-refractivity contribution < 1.29 is 4.79 Å². The number of piperidine rings is 1. The largest absolute Gasteiger partial charge is 0.337 e. The minimum Gasteiger partial charge on any atom is -0.337 e. The lowest BCUT2D eigenvalue weighted by atomic mass is 10.0. The van der Waals surface area contributed by atoms with Gasteiger partial charge >= 0.3 is 0 Å². The number of rotatable bonds is 4. The molecule has 2 aliphatic heterocycles. The van der Waals surface area contributed by atoms with Gasteiger partial charge < -0.3 is 4.90 Å². The van der Waals surface area contributed by atoms with E-state index in [9.17, 15) is 4.79 Å². The maximum Gasteiger partial charge on any atom is 0.272 e. The highest BCUT2D eigenvalue weighted by Crippen LogP contribution is 2.20. The summed E-state index contributed by atoms with van der Waals surface area (Å²) >= 11 is 0. The Bertz CT molecular complexity index is 746. The van der Waals surface area contributed by atoms with E-state index in [-0.39, 0.29) is 5.91 Å². The molecule has 0 unspecified atom stereocenters. The van der Waals surface area contributed by atoms with Crippen LogP contribution < -0.4 is 0 Å². The molecule has 4 rings (SSSR count). The number of carbonyl (C=O) groups is 1. The van der Waals surface area contributed by atoms with Crippen LogP contribution in [0.15, 0.2) is 48.9 Å². The number of nitrogens with zero attached hydrogens (tertiary/aromatic N) is 5. The van der Waals surface area contributed by atoms with Gasteiger partial charge in [-0.2, -0.15) is 0 Å². The van der Waals surface area contributed by atoms with Gasteiger partial charge in [0, 0.05) is 57.4 Å². The zero-order chi connectivity index (χ0) is 19.2. The molecule has 0 aromatic carbocycles. The van der Waals surface area contributed by atoms with Crippen LogP contribution in [0.4, 0.5) is 0 Å². The molecule has 28 heavy (non-hydrogen) atoms. The first kappa shape index (κ1) is 19.0. The van der Waals surface area contributed by atoms with Crippen molar-refractivity contribution in [3.63, 3.8) is 0 Å². The third-order valence-corrected chi connectivity index (χ3v) is 5.93. The third-order valence-electron chi connectivity index (χ3n) is 5.93. The van der Waals surface area contributed by atoms with E-state index in [0.717, 1.165) is 58.7 Å². The predicted octanol–water partition coefficient (Wildman–Crippen LogP) is 2.29. The van der Waals surface area contributed by atoms with E-state index in [4.69, 9.17) is 0 Å². The molecule has 2 aliphatic rings. The number of likely N-dealkylation sites (tertiary alicyclic amines) is 1. The predicted molar refractivity (Wildman–Crippen MR) is 109 cm³/mol. The summed E-state index contributed by atoms with van der Waals surface area (Å²) in [5, 5.41) is 0. The van der Waals surface area contributed by atoms with Crippen LogP contribution in [0.5, 0.6) is 0 Å². The van der Waals surface area contributed by atoms with Crippen LogP contribution in [0.25, 0.3) is 0 Å². The topological polar surface area (TPSA) is 52.6 Å². The quantitative estimate of drug-likeness (QED) is 0.816. The lowest BCUT2D eigenvalue weighted by Gasteiger charge is -2.38. The Morgan fingerprint density at radius 1 is 0.929 bits per heavy atom. The molecule has 0 spiro atoms. The zero-order valence-electron chi connectivity index (χ0n) is 16.4.